The molecular weight excluding hydrogens is 428 g/mol. The van der Waals surface area contributed by atoms with E-state index in [1.165, 1.54) is 0 Å². The van der Waals surface area contributed by atoms with E-state index in [9.17, 15) is 14.4 Å². The first kappa shape index (κ1) is 20.7. The first-order valence-corrected chi connectivity index (χ1v) is 11.9. The largest absolute Gasteiger partial charge is 0.324 e. The molecule has 2 fully saturated rings. The van der Waals surface area contributed by atoms with E-state index in [0.29, 0.717) is 34.6 Å². The number of nitrogens with zero attached hydrogens (tertiary/aromatic N) is 1. The van der Waals surface area contributed by atoms with Crippen molar-refractivity contribution in [2.24, 2.45) is 5.92 Å². The maximum atomic E-state index is 13.8. The topological polar surface area (TPSA) is 98.1 Å². The highest BCUT2D eigenvalue weighted by molar-refractivity contribution is 6.04. The Labute approximate surface area is 196 Å². The second kappa shape index (κ2) is 8.17. The Hall–Kier alpha value is -3.87. The van der Waals surface area contributed by atoms with Gasteiger partial charge in [0.25, 0.3) is 5.91 Å². The average Bonchev–Trinajstić information content (AvgIpc) is 3.42. The van der Waals surface area contributed by atoms with Gasteiger partial charge in [-0.2, -0.15) is 0 Å². The van der Waals surface area contributed by atoms with Crippen LogP contribution in [0.2, 0.25) is 0 Å². The van der Waals surface area contributed by atoms with Gasteiger partial charge in [-0.25, -0.2) is 4.79 Å². The van der Waals surface area contributed by atoms with Crippen molar-refractivity contribution in [3.63, 3.8) is 0 Å². The predicted octanol–water partition coefficient (Wildman–Crippen LogP) is 4.42. The van der Waals surface area contributed by atoms with Gasteiger partial charge in [0.1, 0.15) is 6.04 Å². The molecule has 34 heavy (non-hydrogen) atoms. The third-order valence-corrected chi connectivity index (χ3v) is 7.41. The SMILES string of the molecule is O=C(Nc1ccc2[nH]c(=O)[nH]c2c1)[C@@H]1C[C@@H]2CCCC[C@@H]2N1C(=O)c1ccc2ccccc2c1. The van der Waals surface area contributed by atoms with E-state index in [0.717, 1.165) is 36.5 Å². The number of fused-ring (bicyclic) bond motifs is 3. The minimum absolute atomic E-state index is 0.0780. The molecule has 1 saturated heterocycles. The van der Waals surface area contributed by atoms with Crippen LogP contribution in [0.15, 0.2) is 65.5 Å². The van der Waals surface area contributed by atoms with Gasteiger partial charge in [0.15, 0.2) is 0 Å². The number of carbonyl (C=O) groups is 2. The van der Waals surface area contributed by atoms with Gasteiger partial charge in [0.05, 0.1) is 11.0 Å². The minimum atomic E-state index is -0.520. The lowest BCUT2D eigenvalue weighted by Gasteiger charge is -2.33. The number of aromatic nitrogens is 2. The Balaban J connectivity index is 1.31. The zero-order valence-electron chi connectivity index (χ0n) is 18.7. The van der Waals surface area contributed by atoms with Crippen molar-refractivity contribution in [2.45, 2.75) is 44.2 Å². The summed E-state index contributed by atoms with van der Waals surface area (Å²) in [7, 11) is 0. The number of rotatable bonds is 3. The first-order valence-electron chi connectivity index (χ1n) is 11.9. The number of imidazole rings is 1. The van der Waals surface area contributed by atoms with E-state index in [1.54, 1.807) is 18.2 Å². The van der Waals surface area contributed by atoms with E-state index in [2.05, 4.69) is 15.3 Å². The summed E-state index contributed by atoms with van der Waals surface area (Å²) in [4.78, 5) is 46.1. The monoisotopic (exact) mass is 454 g/mol. The number of amides is 2. The van der Waals surface area contributed by atoms with Gasteiger partial charge < -0.3 is 20.2 Å². The molecule has 7 nitrogen and oxygen atoms in total. The summed E-state index contributed by atoms with van der Waals surface area (Å²) in [5, 5.41) is 5.09. The van der Waals surface area contributed by atoms with Crippen LogP contribution in [-0.4, -0.2) is 38.8 Å². The molecule has 1 aliphatic heterocycles. The van der Waals surface area contributed by atoms with E-state index in [-0.39, 0.29) is 23.5 Å². The van der Waals surface area contributed by atoms with Crippen molar-refractivity contribution in [3.8, 4) is 0 Å². The van der Waals surface area contributed by atoms with Crippen LogP contribution in [0.4, 0.5) is 5.69 Å². The van der Waals surface area contributed by atoms with Crippen molar-refractivity contribution in [2.75, 3.05) is 5.32 Å². The molecule has 3 atom stereocenters. The molecule has 3 aromatic carbocycles. The fraction of sp³-hybridized carbons (Fsp3) is 0.296. The molecule has 1 aromatic heterocycles. The minimum Gasteiger partial charge on any atom is -0.324 e. The molecule has 6 rings (SSSR count). The van der Waals surface area contributed by atoms with E-state index in [4.69, 9.17) is 0 Å². The Morgan fingerprint density at radius 2 is 1.68 bits per heavy atom. The summed E-state index contributed by atoms with van der Waals surface area (Å²) in [6.45, 7) is 0. The zero-order valence-corrected chi connectivity index (χ0v) is 18.7. The molecule has 4 aromatic rings. The molecule has 0 spiro atoms. The van der Waals surface area contributed by atoms with Crippen molar-refractivity contribution < 1.29 is 9.59 Å². The summed E-state index contributed by atoms with van der Waals surface area (Å²) in [6.07, 6.45) is 4.88. The summed E-state index contributed by atoms with van der Waals surface area (Å²) < 4.78 is 0. The van der Waals surface area contributed by atoms with Gasteiger partial charge in [-0.1, -0.05) is 43.2 Å². The molecule has 2 aliphatic rings. The van der Waals surface area contributed by atoms with E-state index >= 15 is 0 Å². The molecule has 2 heterocycles. The normalized spacial score (nSPS) is 22.1. The molecule has 172 valence electrons. The number of hydrogen-bond donors (Lipinski definition) is 3. The molecule has 0 radical (unpaired) electrons. The van der Waals surface area contributed by atoms with Gasteiger partial charge in [-0.05, 0) is 66.3 Å². The Bertz CT molecular complexity index is 1470. The van der Waals surface area contributed by atoms with Crippen molar-refractivity contribution >= 4 is 39.3 Å². The number of anilines is 1. The van der Waals surface area contributed by atoms with Crippen molar-refractivity contribution in [1.82, 2.24) is 14.9 Å². The van der Waals surface area contributed by atoms with Crippen LogP contribution in [0.25, 0.3) is 21.8 Å². The van der Waals surface area contributed by atoms with Crippen molar-refractivity contribution in [3.05, 3.63) is 76.7 Å². The second-order valence-corrected chi connectivity index (χ2v) is 9.47. The number of H-pyrrole nitrogens is 2. The van der Waals surface area contributed by atoms with Crippen molar-refractivity contribution in [1.29, 1.82) is 0 Å². The highest BCUT2D eigenvalue weighted by Gasteiger charge is 2.47. The Morgan fingerprint density at radius 1 is 0.882 bits per heavy atom. The van der Waals surface area contributed by atoms with Gasteiger partial charge in [-0.15, -0.1) is 0 Å². The lowest BCUT2D eigenvalue weighted by molar-refractivity contribution is -0.120. The molecule has 2 amide bonds. The van der Waals surface area contributed by atoms with Gasteiger partial charge in [0, 0.05) is 17.3 Å². The zero-order chi connectivity index (χ0) is 23.2. The number of benzene rings is 3. The molecule has 7 heteroatoms. The van der Waals surface area contributed by atoms with Crippen LogP contribution in [0.1, 0.15) is 42.5 Å². The smallest absolute Gasteiger partial charge is 0.323 e. The standard InChI is InChI=1S/C27H26N4O3/c32-25(28-20-11-12-21-22(15-20)30-27(34)29-21)24-14-18-7-3-4-8-23(18)31(24)26(33)19-10-9-16-5-1-2-6-17(16)13-19/h1-2,5-6,9-13,15,18,23-24H,3-4,7-8,14H2,(H,28,32)(H2,29,30,34)/t18-,23-,24-/m0/s1. The van der Waals surface area contributed by atoms with Crippen LogP contribution in [0.5, 0.6) is 0 Å². The molecule has 0 bridgehead atoms. The average molecular weight is 455 g/mol. The third kappa shape index (κ3) is 3.57. The summed E-state index contributed by atoms with van der Waals surface area (Å²) in [6, 6.07) is 18.6. The molecule has 1 aliphatic carbocycles. The van der Waals surface area contributed by atoms with Crippen LogP contribution in [-0.2, 0) is 4.79 Å². The Morgan fingerprint density at radius 3 is 2.56 bits per heavy atom. The van der Waals surface area contributed by atoms with Gasteiger partial charge in [0.2, 0.25) is 5.91 Å². The first-order chi connectivity index (χ1) is 16.6. The summed E-state index contributed by atoms with van der Waals surface area (Å²) >= 11 is 0. The van der Waals surface area contributed by atoms with Crippen LogP contribution >= 0.6 is 0 Å². The fourth-order valence-corrected chi connectivity index (χ4v) is 5.79. The lowest BCUT2D eigenvalue weighted by atomic mass is 9.84. The van der Waals surface area contributed by atoms with Gasteiger partial charge >= 0.3 is 5.69 Å². The molecule has 0 unspecified atom stereocenters. The summed E-state index contributed by atoms with van der Waals surface area (Å²) in [5.74, 6) is 0.0870. The second-order valence-electron chi connectivity index (χ2n) is 9.47. The lowest BCUT2D eigenvalue weighted by Crippen LogP contribution is -2.47. The highest BCUT2D eigenvalue weighted by atomic mass is 16.2. The number of likely N-dealkylation sites (tertiary alicyclic amines) is 1. The quantitative estimate of drug-likeness (QED) is 0.427. The highest BCUT2D eigenvalue weighted by Crippen LogP contribution is 2.41. The Kier molecular flexibility index (Phi) is 4.98. The summed E-state index contributed by atoms with van der Waals surface area (Å²) in [5.41, 5.74) is 2.25. The number of carbonyl (C=O) groups excluding carboxylic acids is 2. The number of aromatic amines is 2. The van der Waals surface area contributed by atoms with Crippen LogP contribution in [0, 0.1) is 5.92 Å². The van der Waals surface area contributed by atoms with E-state index in [1.807, 2.05) is 47.4 Å². The van der Waals surface area contributed by atoms with Gasteiger partial charge in [-0.3, -0.25) is 9.59 Å². The molecular formula is C27H26N4O3. The maximum absolute atomic E-state index is 13.8. The van der Waals surface area contributed by atoms with Crippen LogP contribution < -0.4 is 11.0 Å². The number of nitrogens with one attached hydrogen (secondary N) is 3. The third-order valence-electron chi connectivity index (χ3n) is 7.41. The fourth-order valence-electron chi connectivity index (χ4n) is 5.79. The number of hydrogen-bond acceptors (Lipinski definition) is 3. The predicted molar refractivity (Wildman–Crippen MR) is 132 cm³/mol. The van der Waals surface area contributed by atoms with Crippen LogP contribution in [0.3, 0.4) is 0 Å². The van der Waals surface area contributed by atoms with E-state index < -0.39 is 6.04 Å². The molecule has 3 N–H and O–H groups in total. The molecule has 1 saturated carbocycles. The maximum Gasteiger partial charge on any atom is 0.323 e.